The average Bonchev–Trinajstić information content (AvgIpc) is 3.25. The van der Waals surface area contributed by atoms with E-state index in [0.29, 0.717) is 27.8 Å². The Kier molecular flexibility index (Phi) is 21.6. The molecule has 19 heteroatoms. The van der Waals surface area contributed by atoms with Crippen LogP contribution in [-0.2, 0) is 76.1 Å². The largest absolute Gasteiger partial charge is 0.481 e. The van der Waals surface area contributed by atoms with Gasteiger partial charge in [-0.25, -0.2) is 0 Å². The van der Waals surface area contributed by atoms with Crippen LogP contribution in [0.5, 0.6) is 0 Å². The summed E-state index contributed by atoms with van der Waals surface area (Å²) in [5.74, 6) is -5.04. The molecule has 0 spiro atoms. The maximum absolute atomic E-state index is 12.9. The summed E-state index contributed by atoms with van der Waals surface area (Å²) in [6.07, 6.45) is -0.311. The molecule has 4 aromatic carbocycles. The van der Waals surface area contributed by atoms with E-state index in [4.69, 9.17) is 28.8 Å². The van der Waals surface area contributed by atoms with E-state index in [1.54, 1.807) is 102 Å². The van der Waals surface area contributed by atoms with Gasteiger partial charge >= 0.3 is 35.8 Å². The van der Waals surface area contributed by atoms with Crippen LogP contribution in [0.2, 0.25) is 0 Å². The first kappa shape index (κ1) is 53.6. The van der Waals surface area contributed by atoms with Crippen LogP contribution >= 0.6 is 0 Å². The summed E-state index contributed by atoms with van der Waals surface area (Å²) < 4.78 is 25.5. The maximum atomic E-state index is 12.9. The molecule has 4 aromatic rings. The van der Waals surface area contributed by atoms with Crippen LogP contribution < -0.4 is 0 Å². The third kappa shape index (κ3) is 14.5. The van der Waals surface area contributed by atoms with Crippen LogP contribution in [-0.4, -0.2) is 95.5 Å². The molecule has 0 bridgehead atoms. The Hall–Kier alpha value is -7.54. The van der Waals surface area contributed by atoms with Gasteiger partial charge in [0.25, 0.3) is 11.4 Å². The number of carboxylic acid groups (broad SMARTS) is 1. The van der Waals surface area contributed by atoms with Gasteiger partial charge in [0.1, 0.15) is 6.61 Å². The second-order valence-electron chi connectivity index (χ2n) is 13.7. The molecule has 2 N–H and O–H groups in total. The SMILES string of the molecule is CCOC(=O)C(CO)(C(=O)OCC)c1ccccc1.CCOC(=O)C(COC(=O)Cc1ccc([N+](=O)[O-])c(C)c1)(C(=O)OCC)c1ccccc1.Cc1cc(CC(=O)O)ccc1[N+](=O)[O-]. The zero-order valence-electron chi connectivity index (χ0n) is 36.8. The Morgan fingerprint density at radius 3 is 1.22 bits per heavy atom. The zero-order valence-corrected chi connectivity index (χ0v) is 36.8. The third-order valence-corrected chi connectivity index (χ3v) is 9.34. The number of carbonyl (C=O) groups is 6. The van der Waals surface area contributed by atoms with Crippen molar-refractivity contribution in [1.29, 1.82) is 0 Å². The van der Waals surface area contributed by atoms with Crippen LogP contribution in [0.1, 0.15) is 61.1 Å². The molecule has 0 unspecified atom stereocenters. The van der Waals surface area contributed by atoms with Crippen LogP contribution in [0.25, 0.3) is 0 Å². The quantitative estimate of drug-likeness (QED) is 0.0379. The Balaban J connectivity index is 0.000000371. The lowest BCUT2D eigenvalue weighted by Crippen LogP contribution is -2.50. The summed E-state index contributed by atoms with van der Waals surface area (Å²) in [4.78, 5) is 93.4. The minimum atomic E-state index is -1.98. The Bertz CT molecular complexity index is 2240. The number of esters is 5. The van der Waals surface area contributed by atoms with Crippen LogP contribution in [0, 0.1) is 34.1 Å². The molecule has 4 rings (SSSR count). The number of aliphatic carboxylic acids is 1. The molecule has 0 saturated heterocycles. The summed E-state index contributed by atoms with van der Waals surface area (Å²) in [5.41, 5.74) is -1.26. The number of rotatable bonds is 19. The van der Waals surface area contributed by atoms with Crippen LogP contribution in [0.4, 0.5) is 11.4 Å². The van der Waals surface area contributed by atoms with Gasteiger partial charge in [-0.2, -0.15) is 0 Å². The smallest absolute Gasteiger partial charge is 0.331 e. The van der Waals surface area contributed by atoms with E-state index < -0.39 is 69.7 Å². The van der Waals surface area contributed by atoms with Gasteiger partial charge in [0.15, 0.2) is 0 Å². The number of aliphatic hydroxyl groups is 1. The number of ether oxygens (including phenoxy) is 5. The van der Waals surface area contributed by atoms with Crippen molar-refractivity contribution in [3.05, 3.63) is 151 Å². The number of aliphatic hydroxyl groups excluding tert-OH is 1. The zero-order chi connectivity index (χ0) is 48.7. The number of nitro groups is 2. The predicted octanol–water partition coefficient (Wildman–Crippen LogP) is 5.63. The molecule has 0 amide bonds. The number of carbonyl (C=O) groups excluding carboxylic acids is 5. The summed E-state index contributed by atoms with van der Waals surface area (Å²) in [6, 6.07) is 25.0. The first-order chi connectivity index (χ1) is 30.9. The molecular weight excluding hydrogens is 853 g/mol. The van der Waals surface area contributed by atoms with Gasteiger partial charge in [-0.3, -0.25) is 49.0 Å². The molecule has 0 aliphatic carbocycles. The van der Waals surface area contributed by atoms with E-state index in [1.807, 2.05) is 0 Å². The van der Waals surface area contributed by atoms with E-state index >= 15 is 0 Å². The van der Waals surface area contributed by atoms with Gasteiger partial charge in [0.2, 0.25) is 10.8 Å². The van der Waals surface area contributed by atoms with Gasteiger partial charge in [-0.15, -0.1) is 0 Å². The fourth-order valence-electron chi connectivity index (χ4n) is 6.17. The molecule has 348 valence electrons. The predicted molar refractivity (Wildman–Crippen MR) is 232 cm³/mol. The van der Waals surface area contributed by atoms with Gasteiger partial charge in [-0.1, -0.05) is 72.8 Å². The molecule has 0 aliphatic rings. The minimum Gasteiger partial charge on any atom is -0.481 e. The molecule has 0 atom stereocenters. The molecule has 0 radical (unpaired) electrons. The molecule has 19 nitrogen and oxygen atoms in total. The topological polar surface area (TPSA) is 275 Å². The van der Waals surface area contributed by atoms with Gasteiger partial charge in [0, 0.05) is 23.3 Å². The van der Waals surface area contributed by atoms with Gasteiger partial charge in [-0.05, 0) is 75.9 Å². The van der Waals surface area contributed by atoms with Crippen molar-refractivity contribution in [2.75, 3.05) is 39.6 Å². The number of nitrogens with zero attached hydrogens (tertiary/aromatic N) is 2. The standard InChI is InChI=1S/C23H25NO8.C14H18O5.C9H9NO4/c1-4-30-21(26)23(22(27)31-5-2,18-9-7-6-8-10-18)15-32-20(25)14-17-11-12-19(24(28)29)16(3)13-17;1-3-18-12(16)14(10-15,13(17)19-4-2)11-8-6-5-7-9-11;1-6-4-7(5-9(11)12)2-3-8(6)10(13)14/h6-13H,4-5,14-15H2,1-3H3;5-9,15H,3-4,10H2,1-2H3;2-4H,5H2,1H3,(H,11,12). The fraction of sp³-hybridized carbons (Fsp3) is 0.348. The molecule has 0 saturated carbocycles. The van der Waals surface area contributed by atoms with Crippen LogP contribution in [0.15, 0.2) is 97.1 Å². The number of carboxylic acids is 1. The first-order valence-corrected chi connectivity index (χ1v) is 20.2. The normalized spacial score (nSPS) is 10.6. The minimum absolute atomic E-state index is 0.0131. The number of hydrogen-bond donors (Lipinski definition) is 2. The summed E-state index contributed by atoms with van der Waals surface area (Å²) in [7, 11) is 0. The van der Waals surface area contributed by atoms with Gasteiger partial charge < -0.3 is 33.9 Å². The lowest BCUT2D eigenvalue weighted by Gasteiger charge is -2.29. The summed E-state index contributed by atoms with van der Waals surface area (Å²) in [5, 5.41) is 39.5. The second kappa shape index (κ2) is 26.2. The fourth-order valence-corrected chi connectivity index (χ4v) is 6.17. The van der Waals surface area contributed by atoms with E-state index in [-0.39, 0.29) is 56.2 Å². The highest BCUT2D eigenvalue weighted by atomic mass is 16.6. The highest BCUT2D eigenvalue weighted by Crippen LogP contribution is 2.30. The lowest BCUT2D eigenvalue weighted by molar-refractivity contribution is -0.385. The van der Waals surface area contributed by atoms with Crippen molar-refractivity contribution < 1.29 is 72.5 Å². The van der Waals surface area contributed by atoms with Crippen molar-refractivity contribution in [3.8, 4) is 0 Å². The lowest BCUT2D eigenvalue weighted by atomic mass is 9.81. The highest BCUT2D eigenvalue weighted by Gasteiger charge is 2.52. The van der Waals surface area contributed by atoms with Crippen molar-refractivity contribution >= 4 is 47.2 Å². The van der Waals surface area contributed by atoms with Crippen molar-refractivity contribution in [2.45, 2.75) is 65.2 Å². The van der Waals surface area contributed by atoms with Crippen molar-refractivity contribution in [1.82, 2.24) is 0 Å². The Morgan fingerprint density at radius 2 is 0.892 bits per heavy atom. The van der Waals surface area contributed by atoms with Crippen LogP contribution in [0.3, 0.4) is 0 Å². The Labute approximate surface area is 374 Å². The molecule has 65 heavy (non-hydrogen) atoms. The second-order valence-corrected chi connectivity index (χ2v) is 13.7. The van der Waals surface area contributed by atoms with Crippen molar-refractivity contribution in [2.24, 2.45) is 0 Å². The van der Waals surface area contributed by atoms with E-state index in [9.17, 15) is 54.1 Å². The summed E-state index contributed by atoms with van der Waals surface area (Å²) >= 11 is 0. The van der Waals surface area contributed by atoms with Gasteiger partial charge in [0.05, 0.1) is 55.7 Å². The van der Waals surface area contributed by atoms with E-state index in [1.165, 1.54) is 36.4 Å². The first-order valence-electron chi connectivity index (χ1n) is 20.2. The molecule has 0 aromatic heterocycles. The van der Waals surface area contributed by atoms with Crippen molar-refractivity contribution in [3.63, 3.8) is 0 Å². The average molecular weight is 905 g/mol. The monoisotopic (exact) mass is 904 g/mol. The number of hydrogen-bond acceptors (Lipinski definition) is 16. The molecule has 0 heterocycles. The molecular formula is C46H52N2O17. The number of nitro benzene ring substituents is 2. The molecule has 0 fully saturated rings. The van der Waals surface area contributed by atoms with E-state index in [0.717, 1.165) is 0 Å². The number of aryl methyl sites for hydroxylation is 2. The highest BCUT2D eigenvalue weighted by molar-refractivity contribution is 6.07. The molecule has 0 aliphatic heterocycles. The Morgan fingerprint density at radius 1 is 0.538 bits per heavy atom. The maximum Gasteiger partial charge on any atom is 0.331 e. The van der Waals surface area contributed by atoms with E-state index in [2.05, 4.69) is 0 Å². The number of benzene rings is 4. The third-order valence-electron chi connectivity index (χ3n) is 9.34. The summed E-state index contributed by atoms with van der Waals surface area (Å²) in [6.45, 7) is 8.58.